The Kier molecular flexibility index (Phi) is 5.10. The third-order valence-corrected chi connectivity index (χ3v) is 5.86. The lowest BCUT2D eigenvalue weighted by Crippen LogP contribution is -1.98. The van der Waals surface area contributed by atoms with Crippen LogP contribution in [0.3, 0.4) is 0 Å². The first-order valence-corrected chi connectivity index (χ1v) is 10.5. The van der Waals surface area contributed by atoms with Crippen LogP contribution in [0.4, 0.5) is 4.39 Å². The average Bonchev–Trinajstić information content (AvgIpc) is 2.79. The van der Waals surface area contributed by atoms with E-state index in [0.29, 0.717) is 5.58 Å². The lowest BCUT2D eigenvalue weighted by molar-refractivity contribution is 0.561. The Morgan fingerprint density at radius 2 is 1.61 bits per heavy atom. The first-order chi connectivity index (χ1) is 15.2. The summed E-state index contributed by atoms with van der Waals surface area (Å²) in [7, 11) is 0. The van der Waals surface area contributed by atoms with Crippen molar-refractivity contribution in [3.05, 3.63) is 114 Å². The average molecular weight is 425 g/mol. The van der Waals surface area contributed by atoms with E-state index in [9.17, 15) is 9.18 Å². The number of pyridine rings is 1. The fraction of sp³-hybridized carbons (Fsp3) is 0. The van der Waals surface area contributed by atoms with Crippen LogP contribution >= 0.6 is 11.8 Å². The number of fused-ring (bicyclic) bond motifs is 1. The summed E-state index contributed by atoms with van der Waals surface area (Å²) in [6, 6.07) is 25.6. The summed E-state index contributed by atoms with van der Waals surface area (Å²) in [5, 5.41) is 0.821. The maximum absolute atomic E-state index is 14.3. The molecule has 0 N–H and O–H groups in total. The third kappa shape index (κ3) is 4.13. The topological polar surface area (TPSA) is 43.1 Å². The van der Waals surface area contributed by atoms with Gasteiger partial charge in [0.15, 0.2) is 0 Å². The van der Waals surface area contributed by atoms with Crippen LogP contribution in [-0.4, -0.2) is 4.98 Å². The minimum absolute atomic E-state index is 0.296. The summed E-state index contributed by atoms with van der Waals surface area (Å²) in [6.45, 7) is 0. The Balaban J connectivity index is 1.54. The number of hydrogen-bond donors (Lipinski definition) is 0. The number of hydrogen-bond acceptors (Lipinski definition) is 4. The van der Waals surface area contributed by atoms with Crippen molar-refractivity contribution in [1.82, 2.24) is 4.98 Å². The molecule has 5 heteroatoms. The van der Waals surface area contributed by atoms with Crippen molar-refractivity contribution in [2.24, 2.45) is 0 Å². The van der Waals surface area contributed by atoms with Gasteiger partial charge >= 0.3 is 5.63 Å². The summed E-state index contributed by atoms with van der Waals surface area (Å²) in [4.78, 5) is 17.9. The molecular formula is C26H16FNO2S. The van der Waals surface area contributed by atoms with Crippen LogP contribution in [0.15, 0.2) is 116 Å². The van der Waals surface area contributed by atoms with Crippen molar-refractivity contribution in [2.45, 2.75) is 9.79 Å². The van der Waals surface area contributed by atoms with Gasteiger partial charge in [-0.15, -0.1) is 0 Å². The molecule has 2 heterocycles. The number of aromatic nitrogens is 1. The van der Waals surface area contributed by atoms with Crippen molar-refractivity contribution in [3.63, 3.8) is 0 Å². The maximum Gasteiger partial charge on any atom is 0.336 e. The maximum atomic E-state index is 14.3. The predicted molar refractivity (Wildman–Crippen MR) is 122 cm³/mol. The molecule has 150 valence electrons. The number of nitrogens with zero attached hydrogens (tertiary/aromatic N) is 1. The van der Waals surface area contributed by atoms with Gasteiger partial charge in [-0.25, -0.2) is 9.18 Å². The van der Waals surface area contributed by atoms with E-state index in [-0.39, 0.29) is 5.82 Å². The van der Waals surface area contributed by atoms with Gasteiger partial charge in [-0.05, 0) is 53.6 Å². The van der Waals surface area contributed by atoms with Crippen LogP contribution in [0.5, 0.6) is 0 Å². The van der Waals surface area contributed by atoms with Crippen molar-refractivity contribution in [1.29, 1.82) is 0 Å². The van der Waals surface area contributed by atoms with E-state index < -0.39 is 5.63 Å². The third-order valence-electron chi connectivity index (χ3n) is 4.90. The first-order valence-electron chi connectivity index (χ1n) is 9.68. The molecular weight excluding hydrogens is 409 g/mol. The van der Waals surface area contributed by atoms with Gasteiger partial charge in [0.1, 0.15) is 11.4 Å². The zero-order valence-electron chi connectivity index (χ0n) is 16.3. The molecule has 3 nitrogen and oxygen atoms in total. The van der Waals surface area contributed by atoms with Crippen molar-refractivity contribution < 1.29 is 8.81 Å². The molecule has 5 aromatic rings. The minimum Gasteiger partial charge on any atom is -0.423 e. The van der Waals surface area contributed by atoms with Gasteiger partial charge < -0.3 is 4.42 Å². The number of rotatable bonds is 4. The van der Waals surface area contributed by atoms with E-state index >= 15 is 0 Å². The van der Waals surface area contributed by atoms with Gasteiger partial charge in [-0.2, -0.15) is 0 Å². The molecule has 0 spiro atoms. The molecule has 0 saturated carbocycles. The molecule has 0 aliphatic rings. The van der Waals surface area contributed by atoms with E-state index in [0.717, 1.165) is 37.4 Å². The quantitative estimate of drug-likeness (QED) is 0.297. The second-order valence-electron chi connectivity index (χ2n) is 7.02. The van der Waals surface area contributed by atoms with Crippen LogP contribution in [0, 0.1) is 5.82 Å². The first kappa shape index (κ1) is 19.3. The zero-order chi connectivity index (χ0) is 21.2. The highest BCUT2D eigenvalue weighted by Gasteiger charge is 2.10. The predicted octanol–water partition coefficient (Wildman–Crippen LogP) is 6.81. The molecule has 3 aromatic carbocycles. The summed E-state index contributed by atoms with van der Waals surface area (Å²) in [6.07, 6.45) is 3.41. The van der Waals surface area contributed by atoms with Crippen molar-refractivity contribution in [3.8, 4) is 22.3 Å². The van der Waals surface area contributed by atoms with Crippen LogP contribution in [-0.2, 0) is 0 Å². The molecule has 0 bridgehead atoms. The summed E-state index contributed by atoms with van der Waals surface area (Å²) >= 11 is 1.42. The standard InChI is InChI=1S/C26H16FNO2S/c27-20-11-19(17-5-2-1-3-6-17)12-22(13-20)31-21-8-9-23-24(18-7-4-10-28-16-18)15-26(29)30-25(23)14-21/h1-16H. The molecule has 0 aliphatic heterocycles. The fourth-order valence-electron chi connectivity index (χ4n) is 3.52. The fourth-order valence-corrected chi connectivity index (χ4v) is 4.45. The summed E-state index contributed by atoms with van der Waals surface area (Å²) in [5.41, 5.74) is 3.44. The lowest BCUT2D eigenvalue weighted by Gasteiger charge is -2.09. The minimum atomic E-state index is -0.425. The van der Waals surface area contributed by atoms with E-state index in [2.05, 4.69) is 4.98 Å². The van der Waals surface area contributed by atoms with Crippen molar-refractivity contribution >= 4 is 22.7 Å². The summed E-state index contributed by atoms with van der Waals surface area (Å²) < 4.78 is 19.7. The Morgan fingerprint density at radius 1 is 0.774 bits per heavy atom. The second-order valence-corrected chi connectivity index (χ2v) is 8.17. The van der Waals surface area contributed by atoms with Crippen LogP contribution in [0.25, 0.3) is 33.2 Å². The smallest absolute Gasteiger partial charge is 0.336 e. The van der Waals surface area contributed by atoms with Crippen LogP contribution < -0.4 is 5.63 Å². The van der Waals surface area contributed by atoms with Crippen molar-refractivity contribution in [2.75, 3.05) is 0 Å². The molecule has 0 aliphatic carbocycles. The second kappa shape index (κ2) is 8.20. The molecule has 5 rings (SSSR count). The van der Waals surface area contributed by atoms with Gasteiger partial charge in [-0.1, -0.05) is 48.2 Å². The van der Waals surface area contributed by atoms with Crippen LogP contribution in [0.1, 0.15) is 0 Å². The molecule has 0 saturated heterocycles. The van der Waals surface area contributed by atoms with Gasteiger partial charge in [0.2, 0.25) is 0 Å². The molecule has 0 unspecified atom stereocenters. The normalized spacial score (nSPS) is 11.0. The Labute approximate surface area is 182 Å². The summed E-state index contributed by atoms with van der Waals surface area (Å²) in [5.74, 6) is -0.296. The highest BCUT2D eigenvalue weighted by molar-refractivity contribution is 7.99. The van der Waals surface area contributed by atoms with E-state index in [1.54, 1.807) is 12.4 Å². The molecule has 0 atom stereocenters. The molecule has 0 fully saturated rings. The van der Waals surface area contributed by atoms with Gasteiger partial charge in [0, 0.05) is 44.8 Å². The molecule has 31 heavy (non-hydrogen) atoms. The number of halogens is 1. The molecule has 0 radical (unpaired) electrons. The lowest BCUT2D eigenvalue weighted by atomic mass is 10.0. The van der Waals surface area contributed by atoms with Gasteiger partial charge in [0.05, 0.1) is 0 Å². The number of benzene rings is 3. The van der Waals surface area contributed by atoms with Crippen LogP contribution in [0.2, 0.25) is 0 Å². The molecule has 0 amide bonds. The van der Waals surface area contributed by atoms with Gasteiger partial charge in [0.25, 0.3) is 0 Å². The Bertz CT molecular complexity index is 1430. The Hall–Kier alpha value is -3.70. The van der Waals surface area contributed by atoms with E-state index in [1.165, 1.54) is 30.0 Å². The van der Waals surface area contributed by atoms with E-state index in [1.807, 2.05) is 66.7 Å². The largest absolute Gasteiger partial charge is 0.423 e. The highest BCUT2D eigenvalue weighted by atomic mass is 32.2. The zero-order valence-corrected chi connectivity index (χ0v) is 17.1. The SMILES string of the molecule is O=c1cc(-c2cccnc2)c2ccc(Sc3cc(F)cc(-c4ccccc4)c3)cc2o1. The monoisotopic (exact) mass is 425 g/mol. The van der Waals surface area contributed by atoms with Gasteiger partial charge in [-0.3, -0.25) is 4.98 Å². The highest BCUT2D eigenvalue weighted by Crippen LogP contribution is 2.35. The Morgan fingerprint density at radius 3 is 2.42 bits per heavy atom. The van der Waals surface area contributed by atoms with E-state index in [4.69, 9.17) is 4.42 Å². The molecule has 2 aromatic heterocycles.